The number of likely N-dealkylation sites (N-methyl/N-ethyl adjacent to an activating group) is 1. The number of rotatable bonds is 5. The summed E-state index contributed by atoms with van der Waals surface area (Å²) in [4.78, 5) is 0. The van der Waals surface area contributed by atoms with Crippen LogP contribution < -0.4 is 5.32 Å². The van der Waals surface area contributed by atoms with E-state index >= 15 is 0 Å². The van der Waals surface area contributed by atoms with E-state index in [1.807, 2.05) is 6.92 Å². The van der Waals surface area contributed by atoms with Gasteiger partial charge in [-0.05, 0) is 36.7 Å². The fourth-order valence-electron chi connectivity index (χ4n) is 2.23. The third-order valence-corrected chi connectivity index (χ3v) is 3.97. The van der Waals surface area contributed by atoms with Crippen LogP contribution in [0.2, 0.25) is 0 Å². The maximum Gasteiger partial charge on any atom is 0.130 e. The molecule has 2 aromatic carbocycles. The predicted octanol–water partition coefficient (Wildman–Crippen LogP) is 4.76. The number of hydrogen-bond donors (Lipinski definition) is 1. The maximum atomic E-state index is 13.9. The minimum Gasteiger partial charge on any atom is -0.310 e. The molecule has 5 heteroatoms. The average Bonchev–Trinajstić information content (AvgIpc) is 2.41. The number of nitrogens with one attached hydrogen (secondary N) is 1. The van der Waals surface area contributed by atoms with E-state index in [1.165, 1.54) is 24.3 Å². The molecule has 0 bridgehead atoms. The van der Waals surface area contributed by atoms with Crippen molar-refractivity contribution in [1.29, 1.82) is 0 Å². The molecule has 0 aliphatic rings. The van der Waals surface area contributed by atoms with Gasteiger partial charge < -0.3 is 5.32 Å². The van der Waals surface area contributed by atoms with Gasteiger partial charge >= 0.3 is 0 Å². The minimum atomic E-state index is -0.602. The molecule has 0 amide bonds. The molecule has 0 aliphatic heterocycles. The molecule has 0 fully saturated rings. The predicted molar refractivity (Wildman–Crippen MR) is 80.6 cm³/mol. The van der Waals surface area contributed by atoms with Gasteiger partial charge in [0.2, 0.25) is 0 Å². The minimum absolute atomic E-state index is 0.308. The fraction of sp³-hybridized carbons (Fsp3) is 0.250. The van der Waals surface area contributed by atoms with Crippen molar-refractivity contribution in [2.45, 2.75) is 19.4 Å². The van der Waals surface area contributed by atoms with E-state index in [-0.39, 0.29) is 11.9 Å². The molecule has 112 valence electrons. The van der Waals surface area contributed by atoms with Crippen LogP contribution in [-0.2, 0) is 6.42 Å². The third-order valence-electron chi connectivity index (χ3n) is 3.23. The summed E-state index contributed by atoms with van der Waals surface area (Å²) >= 11 is 3.31. The lowest BCUT2D eigenvalue weighted by Crippen LogP contribution is -2.24. The van der Waals surface area contributed by atoms with Gasteiger partial charge in [0.1, 0.15) is 17.5 Å². The molecular formula is C16H15BrF3N. The highest BCUT2D eigenvalue weighted by molar-refractivity contribution is 9.10. The molecule has 1 atom stereocenters. The Labute approximate surface area is 130 Å². The summed E-state index contributed by atoms with van der Waals surface area (Å²) in [5.41, 5.74) is 1.25. The Morgan fingerprint density at radius 1 is 1.05 bits per heavy atom. The molecule has 2 aromatic rings. The standard InChI is InChI=1S/C16H15BrF3N/c1-2-21-16(13-6-5-12(19)9-15(13)20)7-10-3-4-11(18)8-14(10)17/h3-6,8-9,16,21H,2,7H2,1H3. The first kappa shape index (κ1) is 16.0. The Hall–Kier alpha value is -1.33. The molecule has 0 spiro atoms. The van der Waals surface area contributed by atoms with Crippen LogP contribution in [0.3, 0.4) is 0 Å². The largest absolute Gasteiger partial charge is 0.310 e. The highest BCUT2D eigenvalue weighted by Crippen LogP contribution is 2.26. The smallest absolute Gasteiger partial charge is 0.130 e. The van der Waals surface area contributed by atoms with Gasteiger partial charge in [-0.25, -0.2) is 13.2 Å². The van der Waals surface area contributed by atoms with E-state index in [0.29, 0.717) is 23.0 Å². The summed E-state index contributed by atoms with van der Waals surface area (Å²) in [7, 11) is 0. The van der Waals surface area contributed by atoms with Gasteiger partial charge in [0.15, 0.2) is 0 Å². The first-order chi connectivity index (χ1) is 10.0. The van der Waals surface area contributed by atoms with Gasteiger partial charge in [-0.2, -0.15) is 0 Å². The second kappa shape index (κ2) is 7.09. The number of halogens is 4. The second-order valence-electron chi connectivity index (χ2n) is 4.72. The lowest BCUT2D eigenvalue weighted by Gasteiger charge is -2.20. The van der Waals surface area contributed by atoms with Crippen molar-refractivity contribution in [3.63, 3.8) is 0 Å². The number of benzene rings is 2. The Morgan fingerprint density at radius 2 is 1.71 bits per heavy atom. The van der Waals surface area contributed by atoms with Crippen molar-refractivity contribution in [1.82, 2.24) is 5.32 Å². The summed E-state index contributed by atoms with van der Waals surface area (Å²) < 4.78 is 40.7. The summed E-state index contributed by atoms with van der Waals surface area (Å²) in [5.74, 6) is -1.52. The average molecular weight is 358 g/mol. The Kier molecular flexibility index (Phi) is 5.42. The Bertz CT molecular complexity index is 631. The van der Waals surface area contributed by atoms with Crippen LogP contribution in [0, 0.1) is 17.5 Å². The van der Waals surface area contributed by atoms with E-state index in [2.05, 4.69) is 21.2 Å². The van der Waals surface area contributed by atoms with E-state index in [1.54, 1.807) is 6.07 Å². The zero-order valence-electron chi connectivity index (χ0n) is 11.5. The van der Waals surface area contributed by atoms with Crippen LogP contribution >= 0.6 is 15.9 Å². The normalized spacial score (nSPS) is 12.4. The zero-order chi connectivity index (χ0) is 15.4. The first-order valence-corrected chi connectivity index (χ1v) is 7.42. The van der Waals surface area contributed by atoms with Crippen molar-refractivity contribution in [2.75, 3.05) is 6.54 Å². The monoisotopic (exact) mass is 357 g/mol. The van der Waals surface area contributed by atoms with Gasteiger partial charge in [0.25, 0.3) is 0 Å². The lowest BCUT2D eigenvalue weighted by molar-refractivity contribution is 0.501. The van der Waals surface area contributed by atoms with Crippen LogP contribution in [-0.4, -0.2) is 6.54 Å². The van der Waals surface area contributed by atoms with E-state index in [0.717, 1.165) is 11.6 Å². The first-order valence-electron chi connectivity index (χ1n) is 6.63. The van der Waals surface area contributed by atoms with Crippen molar-refractivity contribution in [2.24, 2.45) is 0 Å². The van der Waals surface area contributed by atoms with Gasteiger partial charge in [-0.1, -0.05) is 35.0 Å². The highest BCUT2D eigenvalue weighted by atomic mass is 79.9. The summed E-state index contributed by atoms with van der Waals surface area (Å²) in [6.07, 6.45) is 0.469. The van der Waals surface area contributed by atoms with Gasteiger partial charge in [0, 0.05) is 22.1 Å². The van der Waals surface area contributed by atoms with Crippen molar-refractivity contribution in [3.05, 3.63) is 69.4 Å². The van der Waals surface area contributed by atoms with Gasteiger partial charge in [0.05, 0.1) is 0 Å². The van der Waals surface area contributed by atoms with E-state index < -0.39 is 11.6 Å². The highest BCUT2D eigenvalue weighted by Gasteiger charge is 2.17. The molecule has 2 rings (SSSR count). The summed E-state index contributed by atoms with van der Waals surface area (Å²) in [6.45, 7) is 2.55. The summed E-state index contributed by atoms with van der Waals surface area (Å²) in [6, 6.07) is 7.64. The molecule has 0 saturated heterocycles. The van der Waals surface area contributed by atoms with Crippen molar-refractivity contribution >= 4 is 15.9 Å². The van der Waals surface area contributed by atoms with Crippen molar-refractivity contribution in [3.8, 4) is 0 Å². The van der Waals surface area contributed by atoms with E-state index in [9.17, 15) is 13.2 Å². The maximum absolute atomic E-state index is 13.9. The zero-order valence-corrected chi connectivity index (χ0v) is 13.1. The lowest BCUT2D eigenvalue weighted by atomic mass is 9.98. The van der Waals surface area contributed by atoms with Crippen LogP contribution in [0.5, 0.6) is 0 Å². The van der Waals surface area contributed by atoms with E-state index in [4.69, 9.17) is 0 Å². The molecule has 0 aliphatic carbocycles. The topological polar surface area (TPSA) is 12.0 Å². The van der Waals surface area contributed by atoms with Crippen LogP contribution in [0.25, 0.3) is 0 Å². The van der Waals surface area contributed by atoms with Crippen LogP contribution in [0.15, 0.2) is 40.9 Å². The molecular weight excluding hydrogens is 343 g/mol. The van der Waals surface area contributed by atoms with Crippen LogP contribution in [0.4, 0.5) is 13.2 Å². The molecule has 0 radical (unpaired) electrons. The Balaban J connectivity index is 2.30. The number of hydrogen-bond acceptors (Lipinski definition) is 1. The molecule has 0 saturated carbocycles. The molecule has 1 unspecified atom stereocenters. The molecule has 21 heavy (non-hydrogen) atoms. The quantitative estimate of drug-likeness (QED) is 0.813. The van der Waals surface area contributed by atoms with Gasteiger partial charge in [-0.15, -0.1) is 0 Å². The molecule has 0 aromatic heterocycles. The Morgan fingerprint density at radius 3 is 2.33 bits per heavy atom. The fourth-order valence-corrected chi connectivity index (χ4v) is 2.74. The second-order valence-corrected chi connectivity index (χ2v) is 5.57. The van der Waals surface area contributed by atoms with Crippen LogP contribution in [0.1, 0.15) is 24.1 Å². The van der Waals surface area contributed by atoms with Gasteiger partial charge in [-0.3, -0.25) is 0 Å². The molecule has 1 N–H and O–H groups in total. The SMILES string of the molecule is CCNC(Cc1ccc(F)cc1Br)c1ccc(F)cc1F. The molecule has 0 heterocycles. The molecule has 1 nitrogen and oxygen atoms in total. The van der Waals surface area contributed by atoms with Crippen molar-refractivity contribution < 1.29 is 13.2 Å². The summed E-state index contributed by atoms with van der Waals surface area (Å²) in [5, 5.41) is 3.17. The third kappa shape index (κ3) is 4.08.